The van der Waals surface area contributed by atoms with Crippen LogP contribution in [0.25, 0.3) is 0 Å². The second-order valence-corrected chi connectivity index (χ2v) is 4.91. The average molecular weight is 251 g/mol. The van der Waals surface area contributed by atoms with Gasteiger partial charge in [0.15, 0.2) is 5.11 Å². The highest BCUT2D eigenvalue weighted by atomic mass is 32.1. The Bertz CT molecular complexity index is 388. The zero-order valence-corrected chi connectivity index (χ0v) is 11.8. The summed E-state index contributed by atoms with van der Waals surface area (Å²) in [6.07, 6.45) is 0. The van der Waals surface area contributed by atoms with Crippen LogP contribution in [0.3, 0.4) is 0 Å². The molecule has 0 amide bonds. The van der Waals surface area contributed by atoms with Gasteiger partial charge in [0, 0.05) is 18.8 Å². The van der Waals surface area contributed by atoms with Crippen LogP contribution in [-0.2, 0) is 0 Å². The first-order chi connectivity index (χ1) is 7.99. The quantitative estimate of drug-likeness (QED) is 0.802. The van der Waals surface area contributed by atoms with Gasteiger partial charge >= 0.3 is 0 Å². The fraction of sp³-hybridized carbons (Fsp3) is 0.462. The first-order valence-corrected chi connectivity index (χ1v) is 6.16. The van der Waals surface area contributed by atoms with Gasteiger partial charge in [0.1, 0.15) is 0 Å². The maximum Gasteiger partial charge on any atom is 0.170 e. The molecule has 4 heteroatoms. The predicted octanol–water partition coefficient (Wildman–Crippen LogP) is 2.15. The van der Waals surface area contributed by atoms with Crippen LogP contribution < -0.4 is 10.6 Å². The van der Waals surface area contributed by atoms with E-state index in [0.29, 0.717) is 5.11 Å². The van der Waals surface area contributed by atoms with Crippen molar-refractivity contribution in [3.8, 4) is 0 Å². The number of thiocarbonyl (C=S) groups is 1. The van der Waals surface area contributed by atoms with Crippen LogP contribution in [0.4, 0.5) is 5.69 Å². The molecular weight excluding hydrogens is 230 g/mol. The van der Waals surface area contributed by atoms with E-state index in [9.17, 15) is 0 Å². The highest BCUT2D eigenvalue weighted by Gasteiger charge is 2.01. The molecule has 1 aromatic rings. The number of likely N-dealkylation sites (N-methyl/N-ethyl adjacent to an activating group) is 1. The summed E-state index contributed by atoms with van der Waals surface area (Å²) in [5.74, 6) is 0. The van der Waals surface area contributed by atoms with E-state index in [1.807, 2.05) is 14.1 Å². The molecule has 0 saturated heterocycles. The largest absolute Gasteiger partial charge is 0.361 e. The minimum Gasteiger partial charge on any atom is -0.361 e. The van der Waals surface area contributed by atoms with Gasteiger partial charge in [0.05, 0.1) is 0 Å². The summed E-state index contributed by atoms with van der Waals surface area (Å²) in [6, 6.07) is 6.28. The summed E-state index contributed by atoms with van der Waals surface area (Å²) < 4.78 is 0. The van der Waals surface area contributed by atoms with Crippen LogP contribution in [0.15, 0.2) is 18.2 Å². The third kappa shape index (κ3) is 5.15. The minimum absolute atomic E-state index is 0.679. The summed E-state index contributed by atoms with van der Waals surface area (Å²) in [4.78, 5) is 2.12. The van der Waals surface area contributed by atoms with Crippen molar-refractivity contribution < 1.29 is 0 Å². The first-order valence-electron chi connectivity index (χ1n) is 5.76. The fourth-order valence-corrected chi connectivity index (χ4v) is 1.73. The van der Waals surface area contributed by atoms with Crippen molar-refractivity contribution >= 4 is 23.0 Å². The molecule has 0 atom stereocenters. The maximum atomic E-state index is 5.24. The molecule has 1 aromatic carbocycles. The predicted molar refractivity (Wildman–Crippen MR) is 78.7 cm³/mol. The maximum absolute atomic E-state index is 5.24. The van der Waals surface area contributed by atoms with E-state index in [4.69, 9.17) is 12.2 Å². The van der Waals surface area contributed by atoms with Gasteiger partial charge in [-0.25, -0.2) is 0 Å². The van der Waals surface area contributed by atoms with Crippen LogP contribution in [0.2, 0.25) is 0 Å². The molecule has 2 N–H and O–H groups in total. The Hall–Kier alpha value is -1.13. The molecule has 0 aliphatic heterocycles. The molecular formula is C13H21N3S. The van der Waals surface area contributed by atoms with E-state index in [1.54, 1.807) is 0 Å². The number of anilines is 1. The van der Waals surface area contributed by atoms with E-state index in [0.717, 1.165) is 18.8 Å². The SMILES string of the molecule is Cc1ccc(NC(=S)NCCN(C)C)c(C)c1. The van der Waals surface area contributed by atoms with E-state index < -0.39 is 0 Å². The number of nitrogens with one attached hydrogen (secondary N) is 2. The zero-order chi connectivity index (χ0) is 12.8. The van der Waals surface area contributed by atoms with Crippen molar-refractivity contribution in [1.29, 1.82) is 0 Å². The average Bonchev–Trinajstić information content (AvgIpc) is 2.21. The summed E-state index contributed by atoms with van der Waals surface area (Å²) in [5.41, 5.74) is 3.54. The molecule has 0 saturated carbocycles. The number of nitrogens with zero attached hydrogens (tertiary/aromatic N) is 1. The Morgan fingerprint density at radius 2 is 2.00 bits per heavy atom. The van der Waals surface area contributed by atoms with Crippen LogP contribution in [0, 0.1) is 13.8 Å². The van der Waals surface area contributed by atoms with Gasteiger partial charge in [-0.05, 0) is 51.8 Å². The van der Waals surface area contributed by atoms with E-state index in [2.05, 4.69) is 47.6 Å². The number of rotatable bonds is 4. The van der Waals surface area contributed by atoms with Crippen molar-refractivity contribution in [3.63, 3.8) is 0 Å². The third-order valence-electron chi connectivity index (χ3n) is 2.47. The third-order valence-corrected chi connectivity index (χ3v) is 2.72. The Balaban J connectivity index is 2.45. The van der Waals surface area contributed by atoms with Gasteiger partial charge in [-0.3, -0.25) is 0 Å². The molecule has 0 unspecified atom stereocenters. The van der Waals surface area contributed by atoms with Crippen molar-refractivity contribution in [2.45, 2.75) is 13.8 Å². The standard InChI is InChI=1S/C13H21N3S/c1-10-5-6-12(11(2)9-10)15-13(17)14-7-8-16(3)4/h5-6,9H,7-8H2,1-4H3,(H2,14,15,17). The van der Waals surface area contributed by atoms with E-state index in [1.165, 1.54) is 11.1 Å². The van der Waals surface area contributed by atoms with E-state index >= 15 is 0 Å². The second kappa shape index (κ2) is 6.57. The lowest BCUT2D eigenvalue weighted by Crippen LogP contribution is -2.34. The summed E-state index contributed by atoms with van der Waals surface area (Å²) in [7, 11) is 4.09. The molecule has 0 bridgehead atoms. The monoisotopic (exact) mass is 251 g/mol. The molecule has 0 radical (unpaired) electrons. The molecule has 0 aliphatic rings. The van der Waals surface area contributed by atoms with Crippen molar-refractivity contribution in [2.75, 3.05) is 32.5 Å². The van der Waals surface area contributed by atoms with Gasteiger partial charge in [0.25, 0.3) is 0 Å². The Kier molecular flexibility index (Phi) is 5.38. The second-order valence-electron chi connectivity index (χ2n) is 4.50. The minimum atomic E-state index is 0.679. The molecule has 0 fully saturated rings. The highest BCUT2D eigenvalue weighted by molar-refractivity contribution is 7.80. The van der Waals surface area contributed by atoms with Gasteiger partial charge in [-0.2, -0.15) is 0 Å². The van der Waals surface area contributed by atoms with Crippen LogP contribution >= 0.6 is 12.2 Å². The topological polar surface area (TPSA) is 27.3 Å². The lowest BCUT2D eigenvalue weighted by atomic mass is 10.1. The Morgan fingerprint density at radius 3 is 2.59 bits per heavy atom. The lowest BCUT2D eigenvalue weighted by Gasteiger charge is -2.14. The summed E-state index contributed by atoms with van der Waals surface area (Å²) in [5, 5.41) is 7.08. The molecule has 17 heavy (non-hydrogen) atoms. The number of aryl methyl sites for hydroxylation is 2. The first kappa shape index (κ1) is 13.9. The van der Waals surface area contributed by atoms with Crippen molar-refractivity contribution in [3.05, 3.63) is 29.3 Å². The number of benzene rings is 1. The van der Waals surface area contributed by atoms with Gasteiger partial charge in [-0.1, -0.05) is 17.7 Å². The molecule has 94 valence electrons. The highest BCUT2D eigenvalue weighted by Crippen LogP contribution is 2.15. The summed E-state index contributed by atoms with van der Waals surface area (Å²) in [6.45, 7) is 5.99. The zero-order valence-electron chi connectivity index (χ0n) is 11.0. The van der Waals surface area contributed by atoms with Gasteiger partial charge < -0.3 is 15.5 Å². The molecule has 0 aromatic heterocycles. The Labute approximate surface area is 109 Å². The molecule has 0 heterocycles. The van der Waals surface area contributed by atoms with Crippen molar-refractivity contribution in [2.24, 2.45) is 0 Å². The molecule has 0 spiro atoms. The van der Waals surface area contributed by atoms with Crippen LogP contribution in [0.5, 0.6) is 0 Å². The smallest absolute Gasteiger partial charge is 0.170 e. The van der Waals surface area contributed by atoms with Gasteiger partial charge in [-0.15, -0.1) is 0 Å². The number of hydrogen-bond donors (Lipinski definition) is 2. The molecule has 1 rings (SSSR count). The lowest BCUT2D eigenvalue weighted by molar-refractivity contribution is 0.413. The van der Waals surface area contributed by atoms with E-state index in [-0.39, 0.29) is 0 Å². The fourth-order valence-electron chi connectivity index (χ4n) is 1.51. The summed E-state index contributed by atoms with van der Waals surface area (Å²) >= 11 is 5.24. The van der Waals surface area contributed by atoms with Crippen LogP contribution in [0.1, 0.15) is 11.1 Å². The molecule has 0 aliphatic carbocycles. The van der Waals surface area contributed by atoms with Crippen molar-refractivity contribution in [1.82, 2.24) is 10.2 Å². The Morgan fingerprint density at radius 1 is 1.29 bits per heavy atom. The van der Waals surface area contributed by atoms with Gasteiger partial charge in [0.2, 0.25) is 0 Å². The van der Waals surface area contributed by atoms with Crippen LogP contribution in [-0.4, -0.2) is 37.2 Å². The normalized spacial score (nSPS) is 10.4. The number of hydrogen-bond acceptors (Lipinski definition) is 2. The molecule has 3 nitrogen and oxygen atoms in total.